The van der Waals surface area contributed by atoms with Gasteiger partial charge in [-0.25, -0.2) is 0 Å². The van der Waals surface area contributed by atoms with Crippen molar-refractivity contribution in [2.45, 2.75) is 130 Å². The fourth-order valence-electron chi connectivity index (χ4n) is 9.89. The molecule has 0 amide bonds. The highest BCUT2D eigenvalue weighted by Gasteiger charge is 2.46. The zero-order chi connectivity index (χ0) is 39.4. The lowest BCUT2D eigenvalue weighted by molar-refractivity contribution is -0.108. The molecule has 0 atom stereocenters. The second kappa shape index (κ2) is 17.5. The number of benzene rings is 4. The van der Waals surface area contributed by atoms with E-state index in [1.165, 1.54) is 0 Å². The summed E-state index contributed by atoms with van der Waals surface area (Å²) in [7, 11) is -4.04. The minimum absolute atomic E-state index is 0.0531. The molecule has 5 rings (SSSR count). The lowest BCUT2D eigenvalue weighted by atomic mass is 9.89. The van der Waals surface area contributed by atoms with E-state index in [0.29, 0.717) is 46.5 Å². The molecule has 5 heteroatoms. The monoisotopic (exact) mass is 756 g/mol. The molecule has 3 nitrogen and oxygen atoms in total. The molecule has 0 radical (unpaired) electrons. The second-order valence-corrected chi connectivity index (χ2v) is 28.1. The molecule has 1 aliphatic carbocycles. The number of rotatable bonds is 16. The molecule has 0 saturated carbocycles. The molecule has 0 aromatic heterocycles. The number of allylic oxidation sites excluding steroid dienone is 4. The molecular weight excluding hydrogens is 693 g/mol. The van der Waals surface area contributed by atoms with E-state index in [1.807, 2.05) is 12.1 Å². The van der Waals surface area contributed by atoms with Gasteiger partial charge in [-0.3, -0.25) is 4.79 Å². The number of ketones is 1. The first-order valence-corrected chi connectivity index (χ1v) is 24.6. The van der Waals surface area contributed by atoms with Crippen LogP contribution in [-0.4, -0.2) is 22.4 Å². The van der Waals surface area contributed by atoms with Crippen LogP contribution in [0, 0.1) is 0 Å². The van der Waals surface area contributed by atoms with Crippen molar-refractivity contribution in [1.29, 1.82) is 0 Å². The Hall–Kier alpha value is -3.62. The lowest BCUT2D eigenvalue weighted by Crippen LogP contribution is -2.47. The van der Waals surface area contributed by atoms with E-state index in [0.717, 1.165) is 55.7 Å². The van der Waals surface area contributed by atoms with E-state index < -0.39 is 16.6 Å². The summed E-state index contributed by atoms with van der Waals surface area (Å²) in [5, 5.41) is 0. The minimum Gasteiger partial charge on any atom is -0.412 e. The zero-order valence-corrected chi connectivity index (χ0v) is 37.0. The average Bonchev–Trinajstić information content (AvgIpc) is 3.45. The Morgan fingerprint density at radius 1 is 0.370 bits per heavy atom. The average molecular weight is 757 g/mol. The Kier molecular flexibility index (Phi) is 13.4. The maximum atomic E-state index is 15.1. The molecular formula is C49H64O3Si2. The van der Waals surface area contributed by atoms with Crippen LogP contribution < -0.4 is 0 Å². The van der Waals surface area contributed by atoms with Gasteiger partial charge in [0.2, 0.25) is 16.6 Å². The molecule has 0 heterocycles. The van der Waals surface area contributed by atoms with Gasteiger partial charge >= 0.3 is 0 Å². The molecule has 1 aliphatic rings. The maximum Gasteiger partial charge on any atom is 0.200 e. The predicted octanol–water partition coefficient (Wildman–Crippen LogP) is 14.2. The van der Waals surface area contributed by atoms with E-state index in [4.69, 9.17) is 8.85 Å². The van der Waals surface area contributed by atoms with Crippen molar-refractivity contribution in [3.05, 3.63) is 143 Å². The van der Waals surface area contributed by atoms with Crippen LogP contribution in [0.15, 0.2) is 109 Å². The maximum absolute atomic E-state index is 15.1. The SMILES string of the molecule is CC(C)[Si](OCc1ccc(C2=C(c3ccccc3)C(c3ccccc3)=C(c3ccc(CO[Si](C(C)C)(C(C)C)C(C)C)cc3)C2=O)cc1)(C(C)C)C(C)C. The Morgan fingerprint density at radius 3 is 0.889 bits per heavy atom. The number of Topliss-reactive ketones (excluding diaryl/α,β-unsaturated/α-hetero) is 1. The topological polar surface area (TPSA) is 35.5 Å². The summed E-state index contributed by atoms with van der Waals surface area (Å²) < 4.78 is 13.9. The fourth-order valence-corrected chi connectivity index (χ4v) is 20.7. The summed E-state index contributed by atoms with van der Waals surface area (Å²) in [5.74, 6) is 0.0531. The zero-order valence-electron chi connectivity index (χ0n) is 35.0. The first kappa shape index (κ1) is 41.5. The molecule has 0 saturated heterocycles. The standard InChI is InChI=1S/C49H64O3Si2/c1-33(2)53(34(3)4,35(5)6)51-31-39-23-27-43(28-24-39)47-45(41-19-15-13-16-20-41)46(42-21-17-14-18-22-42)48(49(47)50)44-29-25-40(26-30-44)32-52-54(36(7)8,37(9)10)38(11)12/h13-30,33-38H,31-32H2,1-12H3. The normalized spacial score (nSPS) is 14.4. The molecule has 54 heavy (non-hydrogen) atoms. The Morgan fingerprint density at radius 2 is 0.630 bits per heavy atom. The molecule has 4 aromatic rings. The molecule has 0 spiro atoms. The highest BCUT2D eigenvalue weighted by atomic mass is 28.4. The minimum atomic E-state index is -2.02. The molecule has 4 aromatic carbocycles. The van der Waals surface area contributed by atoms with E-state index in [-0.39, 0.29) is 5.78 Å². The smallest absolute Gasteiger partial charge is 0.200 e. The summed E-state index contributed by atoms with van der Waals surface area (Å²) in [6.07, 6.45) is 0. The predicted molar refractivity (Wildman–Crippen MR) is 236 cm³/mol. The number of hydrogen-bond donors (Lipinski definition) is 0. The molecule has 0 bridgehead atoms. The van der Waals surface area contributed by atoms with E-state index >= 15 is 4.79 Å². The first-order chi connectivity index (χ1) is 25.7. The number of carbonyl (C=O) groups excluding carboxylic acids is 1. The second-order valence-electron chi connectivity index (χ2n) is 17.2. The van der Waals surface area contributed by atoms with Gasteiger partial charge in [0.15, 0.2) is 5.78 Å². The summed E-state index contributed by atoms with van der Waals surface area (Å²) >= 11 is 0. The van der Waals surface area contributed by atoms with Crippen LogP contribution in [0.2, 0.25) is 33.2 Å². The quantitative estimate of drug-likeness (QED) is 0.107. The third-order valence-corrected chi connectivity index (χ3v) is 24.3. The summed E-state index contributed by atoms with van der Waals surface area (Å²) in [5.41, 5.74) is 12.7. The molecule has 0 unspecified atom stereocenters. The molecule has 0 fully saturated rings. The highest BCUT2D eigenvalue weighted by Crippen LogP contribution is 2.50. The van der Waals surface area contributed by atoms with Crippen LogP contribution in [0.1, 0.15) is 116 Å². The van der Waals surface area contributed by atoms with Crippen LogP contribution in [0.25, 0.3) is 22.3 Å². The van der Waals surface area contributed by atoms with Gasteiger partial charge in [0.05, 0.1) is 13.2 Å². The molecule has 0 N–H and O–H groups in total. The van der Waals surface area contributed by atoms with E-state index in [9.17, 15) is 0 Å². The van der Waals surface area contributed by atoms with Gasteiger partial charge in [0, 0.05) is 22.3 Å². The van der Waals surface area contributed by atoms with Crippen LogP contribution in [-0.2, 0) is 26.9 Å². The summed E-state index contributed by atoms with van der Waals surface area (Å²) in [4.78, 5) is 15.1. The van der Waals surface area contributed by atoms with Gasteiger partial charge in [-0.05, 0) is 66.6 Å². The Labute approximate surface area is 329 Å². The van der Waals surface area contributed by atoms with Gasteiger partial charge in [-0.2, -0.15) is 0 Å². The largest absolute Gasteiger partial charge is 0.412 e. The van der Waals surface area contributed by atoms with Crippen molar-refractivity contribution in [3.8, 4) is 0 Å². The van der Waals surface area contributed by atoms with Crippen molar-refractivity contribution in [3.63, 3.8) is 0 Å². The summed E-state index contributed by atoms with van der Waals surface area (Å²) in [6.45, 7) is 29.1. The highest BCUT2D eigenvalue weighted by molar-refractivity contribution is 6.78. The van der Waals surface area contributed by atoms with Crippen molar-refractivity contribution in [2.24, 2.45) is 0 Å². The Balaban J connectivity index is 1.56. The van der Waals surface area contributed by atoms with Crippen molar-refractivity contribution >= 4 is 44.7 Å². The van der Waals surface area contributed by atoms with Crippen molar-refractivity contribution < 1.29 is 13.6 Å². The van der Waals surface area contributed by atoms with Crippen molar-refractivity contribution in [2.75, 3.05) is 0 Å². The van der Waals surface area contributed by atoms with Crippen LogP contribution >= 0.6 is 0 Å². The van der Waals surface area contributed by atoms with Gasteiger partial charge in [0.25, 0.3) is 0 Å². The van der Waals surface area contributed by atoms with Crippen LogP contribution in [0.4, 0.5) is 0 Å². The number of carbonyl (C=O) groups is 1. The first-order valence-electron chi connectivity index (χ1n) is 20.3. The van der Waals surface area contributed by atoms with Gasteiger partial charge in [-0.15, -0.1) is 0 Å². The van der Waals surface area contributed by atoms with E-state index in [1.54, 1.807) is 0 Å². The molecule has 0 aliphatic heterocycles. The Bertz CT molecular complexity index is 1730. The van der Waals surface area contributed by atoms with Crippen LogP contribution in [0.5, 0.6) is 0 Å². The molecule has 286 valence electrons. The number of hydrogen-bond acceptors (Lipinski definition) is 3. The van der Waals surface area contributed by atoms with Gasteiger partial charge < -0.3 is 8.85 Å². The lowest BCUT2D eigenvalue weighted by Gasteiger charge is -2.42. The third kappa shape index (κ3) is 8.02. The fraction of sp³-hybridized carbons (Fsp3) is 0.408. The van der Waals surface area contributed by atoms with Gasteiger partial charge in [0.1, 0.15) is 0 Å². The van der Waals surface area contributed by atoms with Gasteiger partial charge in [-0.1, -0.05) is 192 Å². The summed E-state index contributed by atoms with van der Waals surface area (Å²) in [6, 6.07) is 37.9. The van der Waals surface area contributed by atoms with E-state index in [2.05, 4.69) is 180 Å². The third-order valence-electron chi connectivity index (χ3n) is 12.2. The van der Waals surface area contributed by atoms with Crippen LogP contribution in [0.3, 0.4) is 0 Å². The van der Waals surface area contributed by atoms with Crippen molar-refractivity contribution in [1.82, 2.24) is 0 Å².